The molecule has 1 amide bonds. The van der Waals surface area contributed by atoms with E-state index >= 15 is 0 Å². The number of carbonyl (C=O) groups excluding carboxylic acids is 1. The lowest BCUT2D eigenvalue weighted by Crippen LogP contribution is -2.18. The summed E-state index contributed by atoms with van der Waals surface area (Å²) >= 11 is 0. The van der Waals surface area contributed by atoms with Crippen LogP contribution in [0.2, 0.25) is 0 Å². The van der Waals surface area contributed by atoms with Crippen molar-refractivity contribution < 1.29 is 14.6 Å². The number of nitrogens with zero attached hydrogens (tertiary/aromatic N) is 4. The van der Waals surface area contributed by atoms with E-state index in [1.54, 1.807) is 12.1 Å². The highest BCUT2D eigenvalue weighted by atomic mass is 16.6. The van der Waals surface area contributed by atoms with Gasteiger partial charge >= 0.3 is 0 Å². The number of carbonyl (C=O) groups is 1. The Bertz CT molecular complexity index is 845. The molecule has 0 spiro atoms. The Morgan fingerprint density at radius 3 is 2.04 bits per heavy atom. The average molecular weight is 357 g/mol. The van der Waals surface area contributed by atoms with E-state index in [4.69, 9.17) is 0 Å². The first-order valence-electron chi connectivity index (χ1n) is 7.32. The first-order valence-corrected chi connectivity index (χ1v) is 7.32. The molecule has 0 aliphatic rings. The molecule has 2 aromatic rings. The Labute approximate surface area is 148 Å². The van der Waals surface area contributed by atoms with Crippen LogP contribution in [0.25, 0.3) is 0 Å². The van der Waals surface area contributed by atoms with Gasteiger partial charge in [0.2, 0.25) is 0 Å². The van der Waals surface area contributed by atoms with Gasteiger partial charge in [-0.2, -0.15) is 5.10 Å². The quantitative estimate of drug-likeness (QED) is 0.479. The van der Waals surface area contributed by atoms with Gasteiger partial charge in [0.05, 0.1) is 27.7 Å². The van der Waals surface area contributed by atoms with Crippen molar-refractivity contribution in [1.82, 2.24) is 5.43 Å². The lowest BCUT2D eigenvalue weighted by Gasteiger charge is -2.11. The molecule has 0 atom stereocenters. The van der Waals surface area contributed by atoms with E-state index in [1.807, 2.05) is 31.1 Å². The number of hydrogen-bond acceptors (Lipinski definition) is 7. The maximum absolute atomic E-state index is 12.1. The predicted octanol–water partition coefficient (Wildman–Crippen LogP) is 2.33. The van der Waals surface area contributed by atoms with Gasteiger partial charge in [-0.1, -0.05) is 12.1 Å². The molecule has 134 valence electrons. The Hall–Kier alpha value is -3.82. The Morgan fingerprint density at radius 2 is 1.58 bits per heavy atom. The summed E-state index contributed by atoms with van der Waals surface area (Å²) in [6, 6.07) is 10.0. The van der Waals surface area contributed by atoms with Crippen molar-refractivity contribution in [3.63, 3.8) is 0 Å². The molecule has 0 aliphatic carbocycles. The molecule has 10 heteroatoms. The van der Waals surface area contributed by atoms with Gasteiger partial charge in [0, 0.05) is 31.9 Å². The number of hydrazone groups is 1. The second kappa shape index (κ2) is 7.83. The summed E-state index contributed by atoms with van der Waals surface area (Å²) in [6.45, 7) is 0. The van der Waals surface area contributed by atoms with Gasteiger partial charge in [0.1, 0.15) is 0 Å². The van der Waals surface area contributed by atoms with Crippen LogP contribution >= 0.6 is 0 Å². The van der Waals surface area contributed by atoms with Gasteiger partial charge in [0.25, 0.3) is 17.3 Å². The smallest absolute Gasteiger partial charge is 0.277 e. The molecule has 1 N–H and O–H groups in total. The van der Waals surface area contributed by atoms with Crippen LogP contribution in [0.1, 0.15) is 15.9 Å². The normalized spacial score (nSPS) is 10.5. The first kappa shape index (κ1) is 18.5. The van der Waals surface area contributed by atoms with E-state index in [9.17, 15) is 25.0 Å². The third-order valence-electron chi connectivity index (χ3n) is 3.38. The summed E-state index contributed by atoms with van der Waals surface area (Å²) in [5, 5.41) is 25.4. The van der Waals surface area contributed by atoms with Crippen LogP contribution in [0.3, 0.4) is 0 Å². The molecular weight excluding hydrogens is 342 g/mol. The fourth-order valence-corrected chi connectivity index (χ4v) is 2.03. The minimum absolute atomic E-state index is 0.231. The zero-order valence-electron chi connectivity index (χ0n) is 13.9. The zero-order chi connectivity index (χ0) is 19.3. The summed E-state index contributed by atoms with van der Waals surface area (Å²) < 4.78 is 0. The number of nitro groups is 2. The van der Waals surface area contributed by atoms with Crippen molar-refractivity contribution in [1.29, 1.82) is 0 Å². The van der Waals surface area contributed by atoms with E-state index in [2.05, 4.69) is 10.5 Å². The number of hydrogen-bond donors (Lipinski definition) is 1. The number of amides is 1. The van der Waals surface area contributed by atoms with Crippen LogP contribution < -0.4 is 10.3 Å². The fourth-order valence-electron chi connectivity index (χ4n) is 2.03. The van der Waals surface area contributed by atoms with Crippen molar-refractivity contribution in [2.75, 3.05) is 19.0 Å². The second-order valence-corrected chi connectivity index (χ2v) is 5.44. The highest BCUT2D eigenvalue weighted by molar-refractivity contribution is 5.96. The van der Waals surface area contributed by atoms with Crippen LogP contribution in [-0.2, 0) is 0 Å². The van der Waals surface area contributed by atoms with E-state index in [0.717, 1.165) is 29.4 Å². The SMILES string of the molecule is CN(C)c1ccc(/C=N/NC(=O)c2cc([N+](=O)[O-])cc([N+](=O)[O-])c2)cc1. The van der Waals surface area contributed by atoms with Crippen LogP contribution in [0.15, 0.2) is 47.6 Å². The molecule has 0 saturated carbocycles. The third kappa shape index (κ3) is 4.60. The van der Waals surface area contributed by atoms with Crippen LogP contribution in [0, 0.1) is 20.2 Å². The molecule has 0 heterocycles. The molecular formula is C16H15N5O5. The highest BCUT2D eigenvalue weighted by Gasteiger charge is 2.19. The lowest BCUT2D eigenvalue weighted by molar-refractivity contribution is -0.394. The van der Waals surface area contributed by atoms with Gasteiger partial charge in [-0.05, 0) is 17.7 Å². The Balaban J connectivity index is 2.14. The maximum atomic E-state index is 12.1. The topological polar surface area (TPSA) is 131 Å². The molecule has 0 aliphatic heterocycles. The van der Waals surface area contributed by atoms with Gasteiger partial charge in [-0.15, -0.1) is 0 Å². The maximum Gasteiger partial charge on any atom is 0.277 e. The van der Waals surface area contributed by atoms with Crippen LogP contribution in [0.4, 0.5) is 17.1 Å². The van der Waals surface area contributed by atoms with Crippen molar-refractivity contribution in [3.8, 4) is 0 Å². The van der Waals surface area contributed by atoms with E-state index in [1.165, 1.54) is 6.21 Å². The predicted molar refractivity (Wildman–Crippen MR) is 95.6 cm³/mol. The molecule has 0 saturated heterocycles. The first-order chi connectivity index (χ1) is 12.3. The van der Waals surface area contributed by atoms with E-state index in [0.29, 0.717) is 0 Å². The summed E-state index contributed by atoms with van der Waals surface area (Å²) in [5.41, 5.74) is 2.58. The zero-order valence-corrected chi connectivity index (χ0v) is 13.9. The summed E-state index contributed by atoms with van der Waals surface area (Å²) in [6.07, 6.45) is 1.39. The van der Waals surface area contributed by atoms with Crippen molar-refractivity contribution in [2.24, 2.45) is 5.10 Å². The Kier molecular flexibility index (Phi) is 5.58. The fraction of sp³-hybridized carbons (Fsp3) is 0.125. The molecule has 0 fully saturated rings. The number of benzene rings is 2. The number of anilines is 1. The van der Waals surface area contributed by atoms with Gasteiger partial charge in [-0.25, -0.2) is 5.43 Å². The Morgan fingerprint density at radius 1 is 1.04 bits per heavy atom. The van der Waals surface area contributed by atoms with Gasteiger partial charge in [0.15, 0.2) is 0 Å². The summed E-state index contributed by atoms with van der Waals surface area (Å²) in [4.78, 5) is 34.1. The molecule has 10 nitrogen and oxygen atoms in total. The van der Waals surface area contributed by atoms with Crippen LogP contribution in [0.5, 0.6) is 0 Å². The molecule has 2 rings (SSSR count). The highest BCUT2D eigenvalue weighted by Crippen LogP contribution is 2.22. The van der Waals surface area contributed by atoms with Crippen molar-refractivity contribution >= 4 is 29.2 Å². The number of nitrogens with one attached hydrogen (secondary N) is 1. The summed E-state index contributed by atoms with van der Waals surface area (Å²) in [5.74, 6) is -0.794. The summed E-state index contributed by atoms with van der Waals surface area (Å²) in [7, 11) is 3.81. The molecule has 26 heavy (non-hydrogen) atoms. The molecule has 0 radical (unpaired) electrons. The number of non-ortho nitro benzene ring substituents is 2. The molecule has 0 bridgehead atoms. The van der Waals surface area contributed by atoms with Crippen molar-refractivity contribution in [3.05, 3.63) is 73.8 Å². The third-order valence-corrected chi connectivity index (χ3v) is 3.38. The van der Waals surface area contributed by atoms with E-state index < -0.39 is 27.1 Å². The minimum atomic E-state index is -0.806. The molecule has 0 unspecified atom stereocenters. The molecule has 2 aromatic carbocycles. The monoisotopic (exact) mass is 357 g/mol. The molecule has 0 aromatic heterocycles. The number of nitro benzene ring substituents is 2. The lowest BCUT2D eigenvalue weighted by atomic mass is 10.1. The van der Waals surface area contributed by atoms with Crippen LogP contribution in [-0.4, -0.2) is 36.1 Å². The second-order valence-electron chi connectivity index (χ2n) is 5.44. The average Bonchev–Trinajstić information content (AvgIpc) is 2.61. The van der Waals surface area contributed by atoms with Gasteiger partial charge < -0.3 is 4.90 Å². The van der Waals surface area contributed by atoms with Crippen molar-refractivity contribution in [2.45, 2.75) is 0 Å². The largest absolute Gasteiger partial charge is 0.378 e. The van der Waals surface area contributed by atoms with Gasteiger partial charge in [-0.3, -0.25) is 25.0 Å². The van der Waals surface area contributed by atoms with E-state index in [-0.39, 0.29) is 5.56 Å². The standard InChI is InChI=1S/C16H15N5O5/c1-19(2)13-5-3-11(4-6-13)10-17-18-16(22)12-7-14(20(23)24)9-15(8-12)21(25)26/h3-10H,1-2H3,(H,18,22)/b17-10+. The number of rotatable bonds is 6. The minimum Gasteiger partial charge on any atom is -0.378 e.